The van der Waals surface area contributed by atoms with Gasteiger partial charge in [-0.05, 0) is 30.3 Å². The number of rotatable bonds is 4. The van der Waals surface area contributed by atoms with Crippen molar-refractivity contribution < 1.29 is 14.3 Å². The van der Waals surface area contributed by atoms with Gasteiger partial charge in [-0.15, -0.1) is 0 Å². The fraction of sp³-hybridized carbons (Fsp3) is 0.300. The lowest BCUT2D eigenvalue weighted by Crippen LogP contribution is -2.48. The zero-order valence-corrected chi connectivity index (χ0v) is 16.1. The molecule has 1 saturated heterocycles. The smallest absolute Gasteiger partial charge is 0.259 e. The molecule has 1 N–H and O–H groups in total. The fourth-order valence-electron chi connectivity index (χ4n) is 3.16. The zero-order valence-electron chi connectivity index (χ0n) is 15.4. The third-order valence-corrected chi connectivity index (χ3v) is 4.86. The van der Waals surface area contributed by atoms with Crippen LogP contribution in [0.5, 0.6) is 5.75 Å². The van der Waals surface area contributed by atoms with Crippen LogP contribution in [-0.2, 0) is 4.79 Å². The normalized spacial score (nSPS) is 14.0. The first-order chi connectivity index (χ1) is 13.0. The van der Waals surface area contributed by atoms with Gasteiger partial charge in [0.05, 0.1) is 24.0 Å². The largest absolute Gasteiger partial charge is 0.496 e. The van der Waals surface area contributed by atoms with Crippen LogP contribution in [0.15, 0.2) is 42.5 Å². The summed E-state index contributed by atoms with van der Waals surface area (Å²) in [5, 5.41) is 3.43. The van der Waals surface area contributed by atoms with Crippen LogP contribution >= 0.6 is 11.6 Å². The molecule has 2 amide bonds. The number of carbonyl (C=O) groups is 2. The molecule has 27 heavy (non-hydrogen) atoms. The van der Waals surface area contributed by atoms with Crippen molar-refractivity contribution in [1.82, 2.24) is 4.90 Å². The van der Waals surface area contributed by atoms with Crippen molar-refractivity contribution in [3.63, 3.8) is 0 Å². The second kappa shape index (κ2) is 8.31. The van der Waals surface area contributed by atoms with Crippen LogP contribution in [0.4, 0.5) is 11.4 Å². The molecular formula is C20H22ClN3O3. The highest BCUT2D eigenvalue weighted by Crippen LogP contribution is 2.29. The van der Waals surface area contributed by atoms with Gasteiger partial charge >= 0.3 is 0 Å². The van der Waals surface area contributed by atoms with E-state index in [1.807, 2.05) is 29.2 Å². The van der Waals surface area contributed by atoms with E-state index in [9.17, 15) is 9.59 Å². The third kappa shape index (κ3) is 4.34. The summed E-state index contributed by atoms with van der Waals surface area (Å²) in [6, 6.07) is 12.6. The molecule has 1 aliphatic heterocycles. The second-order valence-electron chi connectivity index (χ2n) is 6.31. The molecule has 1 aliphatic rings. The summed E-state index contributed by atoms with van der Waals surface area (Å²) in [6.07, 6.45) is 0. The standard InChI is InChI=1S/C20H22ClN3O3/c1-14(25)23-9-11-24(12-10-23)18-6-4-3-5-17(18)22-20(26)16-13-15(21)7-8-19(16)27-2/h3-8,13H,9-12H2,1-2H3,(H,22,26). The molecule has 7 heteroatoms. The Morgan fingerprint density at radius 1 is 1.07 bits per heavy atom. The van der Waals surface area contributed by atoms with E-state index in [-0.39, 0.29) is 11.8 Å². The Morgan fingerprint density at radius 3 is 2.44 bits per heavy atom. The minimum atomic E-state index is -0.288. The Labute approximate surface area is 163 Å². The summed E-state index contributed by atoms with van der Waals surface area (Å²) in [5.74, 6) is 0.262. The fourth-order valence-corrected chi connectivity index (χ4v) is 3.34. The average Bonchev–Trinajstić information content (AvgIpc) is 2.68. The number of nitrogens with zero attached hydrogens (tertiary/aromatic N) is 2. The minimum Gasteiger partial charge on any atom is -0.496 e. The van der Waals surface area contributed by atoms with Crippen LogP contribution in [0, 0.1) is 0 Å². The first kappa shape index (κ1) is 19.0. The first-order valence-corrected chi connectivity index (χ1v) is 9.12. The van der Waals surface area contributed by atoms with Crippen molar-refractivity contribution in [2.75, 3.05) is 43.5 Å². The van der Waals surface area contributed by atoms with E-state index in [1.165, 1.54) is 7.11 Å². The predicted octanol–water partition coefficient (Wildman–Crippen LogP) is 3.27. The molecule has 2 aromatic rings. The zero-order chi connectivity index (χ0) is 19.4. The topological polar surface area (TPSA) is 61.9 Å². The molecule has 1 fully saturated rings. The Kier molecular flexibility index (Phi) is 5.86. The minimum absolute atomic E-state index is 0.0873. The van der Waals surface area contributed by atoms with E-state index >= 15 is 0 Å². The summed E-state index contributed by atoms with van der Waals surface area (Å²) < 4.78 is 5.27. The van der Waals surface area contributed by atoms with E-state index in [4.69, 9.17) is 16.3 Å². The van der Waals surface area contributed by atoms with Crippen LogP contribution in [0.3, 0.4) is 0 Å². The highest BCUT2D eigenvalue weighted by atomic mass is 35.5. The number of methoxy groups -OCH3 is 1. The molecule has 6 nitrogen and oxygen atoms in total. The highest BCUT2D eigenvalue weighted by molar-refractivity contribution is 6.31. The first-order valence-electron chi connectivity index (χ1n) is 8.74. The van der Waals surface area contributed by atoms with E-state index < -0.39 is 0 Å². The number of nitrogens with one attached hydrogen (secondary N) is 1. The van der Waals surface area contributed by atoms with Gasteiger partial charge in [-0.25, -0.2) is 0 Å². The van der Waals surface area contributed by atoms with Crippen molar-refractivity contribution >= 4 is 34.8 Å². The number of benzene rings is 2. The van der Waals surface area contributed by atoms with Crippen LogP contribution in [0.1, 0.15) is 17.3 Å². The van der Waals surface area contributed by atoms with Gasteiger partial charge < -0.3 is 19.9 Å². The van der Waals surface area contributed by atoms with Crippen LogP contribution in [0.25, 0.3) is 0 Å². The van der Waals surface area contributed by atoms with Gasteiger partial charge in [-0.2, -0.15) is 0 Å². The van der Waals surface area contributed by atoms with E-state index in [0.717, 1.165) is 5.69 Å². The van der Waals surface area contributed by atoms with E-state index in [1.54, 1.807) is 25.1 Å². The van der Waals surface area contributed by atoms with Crippen LogP contribution in [0.2, 0.25) is 5.02 Å². The number of piperazine rings is 1. The number of hydrogen-bond donors (Lipinski definition) is 1. The maximum Gasteiger partial charge on any atom is 0.259 e. The van der Waals surface area contributed by atoms with Gasteiger partial charge in [-0.3, -0.25) is 9.59 Å². The Hall–Kier alpha value is -2.73. The van der Waals surface area contributed by atoms with E-state index in [0.29, 0.717) is 48.2 Å². The molecule has 142 valence electrons. The lowest BCUT2D eigenvalue weighted by molar-refractivity contribution is -0.129. The van der Waals surface area contributed by atoms with Gasteiger partial charge in [0.1, 0.15) is 5.75 Å². The molecule has 1 heterocycles. The molecule has 0 unspecified atom stereocenters. The van der Waals surface area contributed by atoms with Crippen molar-refractivity contribution in [3.05, 3.63) is 53.1 Å². The molecule has 0 radical (unpaired) electrons. The maximum absolute atomic E-state index is 12.8. The molecule has 0 atom stereocenters. The van der Waals surface area contributed by atoms with Crippen molar-refractivity contribution in [2.45, 2.75) is 6.92 Å². The number of ether oxygens (including phenoxy) is 1. The van der Waals surface area contributed by atoms with Crippen molar-refractivity contribution in [3.8, 4) is 5.75 Å². The van der Waals surface area contributed by atoms with Gasteiger partial charge in [0.15, 0.2) is 0 Å². The van der Waals surface area contributed by atoms with Crippen LogP contribution < -0.4 is 15.0 Å². The van der Waals surface area contributed by atoms with E-state index in [2.05, 4.69) is 10.2 Å². The Morgan fingerprint density at radius 2 is 1.78 bits per heavy atom. The number of amides is 2. The molecule has 0 bridgehead atoms. The SMILES string of the molecule is COc1ccc(Cl)cc1C(=O)Nc1ccccc1N1CCN(C(C)=O)CC1. The summed E-state index contributed by atoms with van der Waals surface area (Å²) in [7, 11) is 1.52. The van der Waals surface area contributed by atoms with Gasteiger partial charge in [0, 0.05) is 38.1 Å². The Bertz CT molecular complexity index is 848. The summed E-state index contributed by atoms with van der Waals surface area (Å²) in [6.45, 7) is 4.35. The molecule has 0 aliphatic carbocycles. The molecule has 0 saturated carbocycles. The maximum atomic E-state index is 12.8. The number of halogens is 1. The quantitative estimate of drug-likeness (QED) is 0.874. The lowest BCUT2D eigenvalue weighted by atomic mass is 10.1. The number of hydrogen-bond acceptors (Lipinski definition) is 4. The predicted molar refractivity (Wildman–Crippen MR) is 107 cm³/mol. The average molecular weight is 388 g/mol. The monoisotopic (exact) mass is 387 g/mol. The summed E-state index contributed by atoms with van der Waals surface area (Å²) >= 11 is 6.04. The summed E-state index contributed by atoms with van der Waals surface area (Å²) in [5.41, 5.74) is 2.01. The van der Waals surface area contributed by atoms with Gasteiger partial charge in [-0.1, -0.05) is 23.7 Å². The highest BCUT2D eigenvalue weighted by Gasteiger charge is 2.21. The van der Waals surface area contributed by atoms with Gasteiger partial charge in [0.2, 0.25) is 5.91 Å². The molecule has 0 aromatic heterocycles. The summed E-state index contributed by atoms with van der Waals surface area (Å²) in [4.78, 5) is 28.3. The molecule has 0 spiro atoms. The van der Waals surface area contributed by atoms with Crippen molar-refractivity contribution in [1.29, 1.82) is 0 Å². The van der Waals surface area contributed by atoms with Crippen LogP contribution in [-0.4, -0.2) is 50.0 Å². The second-order valence-corrected chi connectivity index (χ2v) is 6.75. The molecule has 2 aromatic carbocycles. The number of carbonyl (C=O) groups excluding carboxylic acids is 2. The molecule has 3 rings (SSSR count). The number of anilines is 2. The molecular weight excluding hydrogens is 366 g/mol. The van der Waals surface area contributed by atoms with Crippen molar-refractivity contribution in [2.24, 2.45) is 0 Å². The third-order valence-electron chi connectivity index (χ3n) is 4.62. The Balaban J connectivity index is 1.80. The lowest BCUT2D eigenvalue weighted by Gasteiger charge is -2.36. The number of para-hydroxylation sites is 2. The van der Waals surface area contributed by atoms with Gasteiger partial charge in [0.25, 0.3) is 5.91 Å².